The maximum absolute atomic E-state index is 12.9. The Morgan fingerprint density at radius 2 is 1.52 bits per heavy atom. The minimum Gasteiger partial charge on any atom is -0.489 e. The van der Waals surface area contributed by atoms with Crippen molar-refractivity contribution in [1.29, 1.82) is 0 Å². The van der Waals surface area contributed by atoms with Gasteiger partial charge in [-0.25, -0.2) is 19.0 Å². The number of hydrogen-bond acceptors (Lipinski definition) is 8. The van der Waals surface area contributed by atoms with E-state index in [1.807, 2.05) is 34.6 Å². The third kappa shape index (κ3) is 8.91. The molecule has 0 aliphatic carbocycles. The Kier molecular flexibility index (Phi) is 11.7. The fourth-order valence-corrected chi connectivity index (χ4v) is 4.68. The van der Waals surface area contributed by atoms with E-state index in [2.05, 4.69) is 5.10 Å². The summed E-state index contributed by atoms with van der Waals surface area (Å²) in [5, 5.41) is 4.89. The Morgan fingerprint density at radius 1 is 0.896 bits per heavy atom. The molecule has 0 N–H and O–H groups in total. The lowest BCUT2D eigenvalue weighted by molar-refractivity contribution is -0.144. The van der Waals surface area contributed by atoms with Gasteiger partial charge in [0.1, 0.15) is 11.4 Å². The lowest BCUT2D eigenvalue weighted by Gasteiger charge is -2.15. The summed E-state index contributed by atoms with van der Waals surface area (Å²) in [4.78, 5) is 48.5. The number of alkyl halides is 3. The Labute approximate surface area is 287 Å². The first-order valence-electron chi connectivity index (χ1n) is 14.2. The molecule has 0 saturated carbocycles. The van der Waals surface area contributed by atoms with Gasteiger partial charge < -0.3 is 13.9 Å². The van der Waals surface area contributed by atoms with Crippen molar-refractivity contribution < 1.29 is 31.9 Å². The molecule has 2 aromatic carbocycles. The summed E-state index contributed by atoms with van der Waals surface area (Å²) in [6.07, 6.45) is -5.37. The third-order valence-corrected chi connectivity index (χ3v) is 7.09. The zero-order valence-electron chi connectivity index (χ0n) is 27.0. The maximum atomic E-state index is 12.9. The molecule has 2 aromatic heterocycles. The molecule has 0 atom stereocenters. The predicted molar refractivity (Wildman–Crippen MR) is 174 cm³/mol. The smallest absolute Gasteiger partial charge is 0.442 e. The molecule has 260 valence electrons. The van der Waals surface area contributed by atoms with Crippen LogP contribution < -0.4 is 21.7 Å². The molecule has 48 heavy (non-hydrogen) atoms. The zero-order valence-corrected chi connectivity index (χ0v) is 29.3. The van der Waals surface area contributed by atoms with E-state index in [9.17, 15) is 32.3 Å². The van der Waals surface area contributed by atoms with E-state index in [1.54, 1.807) is 19.9 Å². The molecular weight excluding hydrogens is 704 g/mol. The Hall–Kier alpha value is -4.01. The molecule has 0 aliphatic heterocycles. The molecule has 4 rings (SSSR count). The van der Waals surface area contributed by atoms with Gasteiger partial charge in [-0.15, -0.1) is 5.10 Å². The molecular formula is C31H32Cl3F3N4O7. The molecule has 4 aromatic rings. The number of halogens is 6. The van der Waals surface area contributed by atoms with E-state index in [-0.39, 0.29) is 32.8 Å². The number of carbonyl (C=O) groups excluding carboxylic acids is 1. The summed E-state index contributed by atoms with van der Waals surface area (Å²) in [6, 6.07) is 7.02. The van der Waals surface area contributed by atoms with Crippen LogP contribution in [0.2, 0.25) is 15.1 Å². The van der Waals surface area contributed by atoms with Crippen LogP contribution in [0, 0.1) is 0 Å². The Balaban J connectivity index is 0.000000264. The second kappa shape index (κ2) is 14.6. The number of aromatic nitrogens is 4. The summed E-state index contributed by atoms with van der Waals surface area (Å²) < 4.78 is 56.5. The monoisotopic (exact) mass is 734 g/mol. The van der Waals surface area contributed by atoms with E-state index in [4.69, 9.17) is 48.7 Å². The minimum absolute atomic E-state index is 0.0104. The van der Waals surface area contributed by atoms with Crippen molar-refractivity contribution in [3.63, 3.8) is 0 Å². The largest absolute Gasteiger partial charge is 0.489 e. The first-order valence-corrected chi connectivity index (χ1v) is 15.3. The SMILES string of the molecule is CC(C)OC(=O)c1cc(-n2c(=O)cc(C(F)(F)F)n(C)c2=O)ccc1Cl.CC(C)Oc1cc(-n2nc(C(C)(C)C)oc2=O)c(Cl)cc1Cl. The van der Waals surface area contributed by atoms with Crippen LogP contribution in [0.15, 0.2) is 55.2 Å². The molecule has 0 radical (unpaired) electrons. The molecule has 0 aliphatic rings. The average Bonchev–Trinajstić information content (AvgIpc) is 3.34. The number of carbonyl (C=O) groups is 1. The number of hydrogen-bond donors (Lipinski definition) is 0. The zero-order chi connectivity index (χ0) is 36.5. The second-order valence-electron chi connectivity index (χ2n) is 11.9. The van der Waals surface area contributed by atoms with Crippen LogP contribution in [0.4, 0.5) is 13.2 Å². The Morgan fingerprint density at radius 3 is 2.04 bits per heavy atom. The lowest BCUT2D eigenvalue weighted by Crippen LogP contribution is -2.40. The number of ether oxygens (including phenoxy) is 2. The van der Waals surface area contributed by atoms with Crippen LogP contribution in [-0.2, 0) is 23.4 Å². The average molecular weight is 736 g/mol. The van der Waals surface area contributed by atoms with Gasteiger partial charge >= 0.3 is 23.6 Å². The van der Waals surface area contributed by atoms with Gasteiger partial charge in [0.2, 0.25) is 5.89 Å². The minimum atomic E-state index is -4.86. The number of nitrogens with zero attached hydrogens (tertiary/aromatic N) is 4. The van der Waals surface area contributed by atoms with Crippen molar-refractivity contribution in [1.82, 2.24) is 18.9 Å². The van der Waals surface area contributed by atoms with Crippen molar-refractivity contribution in [2.45, 2.75) is 72.3 Å². The summed E-state index contributed by atoms with van der Waals surface area (Å²) in [7, 11) is 0.894. The summed E-state index contributed by atoms with van der Waals surface area (Å²) in [5.41, 5.74) is -4.03. The number of rotatable bonds is 6. The van der Waals surface area contributed by atoms with Gasteiger partial charge in [-0.3, -0.25) is 9.36 Å². The third-order valence-electron chi connectivity index (χ3n) is 6.16. The molecule has 0 bridgehead atoms. The highest BCUT2D eigenvalue weighted by molar-refractivity contribution is 6.36. The fraction of sp³-hybridized carbons (Fsp3) is 0.387. The van der Waals surface area contributed by atoms with E-state index in [1.165, 1.54) is 18.2 Å². The quantitative estimate of drug-likeness (QED) is 0.194. The van der Waals surface area contributed by atoms with Gasteiger partial charge in [-0.1, -0.05) is 55.6 Å². The Bertz CT molecular complexity index is 2010. The molecule has 11 nitrogen and oxygen atoms in total. The van der Waals surface area contributed by atoms with Crippen molar-refractivity contribution in [3.05, 3.63) is 100 Å². The number of esters is 1. The highest BCUT2D eigenvalue weighted by Crippen LogP contribution is 2.34. The molecule has 2 heterocycles. The van der Waals surface area contributed by atoms with Crippen LogP contribution >= 0.6 is 34.8 Å². The van der Waals surface area contributed by atoms with Crippen molar-refractivity contribution >= 4 is 40.8 Å². The van der Waals surface area contributed by atoms with Crippen LogP contribution in [-0.4, -0.2) is 37.1 Å². The topological polar surface area (TPSA) is 128 Å². The first kappa shape index (κ1) is 38.4. The standard InChI is InChI=1S/C16H14ClF3N2O4.C15H18Cl2N2O3/c1-8(2)26-14(24)10-6-9(4-5-11(10)17)22-13(23)7-12(16(18,19)20)21(3)15(22)25;1-8(2)21-12-7-11(9(16)6-10(12)17)19-14(20)22-13(18-19)15(3,4)5/h4-8H,1-3H3;6-8H,1-5H3. The highest BCUT2D eigenvalue weighted by Gasteiger charge is 2.35. The van der Waals surface area contributed by atoms with Crippen molar-refractivity contribution in [2.75, 3.05) is 0 Å². The van der Waals surface area contributed by atoms with Gasteiger partial charge in [0, 0.05) is 24.6 Å². The van der Waals surface area contributed by atoms with Gasteiger partial charge in [0.25, 0.3) is 5.56 Å². The summed E-state index contributed by atoms with van der Waals surface area (Å²) in [6.45, 7) is 12.7. The molecule has 0 unspecified atom stereocenters. The highest BCUT2D eigenvalue weighted by atomic mass is 35.5. The normalized spacial score (nSPS) is 11.8. The first-order chi connectivity index (χ1) is 22.0. The van der Waals surface area contributed by atoms with Crippen LogP contribution in [0.3, 0.4) is 0 Å². The lowest BCUT2D eigenvalue weighted by atomic mass is 9.97. The molecule has 0 fully saturated rings. The summed E-state index contributed by atoms with van der Waals surface area (Å²) >= 11 is 18.2. The van der Waals surface area contributed by atoms with E-state index in [0.29, 0.717) is 37.6 Å². The molecule has 0 saturated heterocycles. The van der Waals surface area contributed by atoms with E-state index >= 15 is 0 Å². The second-order valence-corrected chi connectivity index (χ2v) is 13.1. The number of benzene rings is 2. The summed E-state index contributed by atoms with van der Waals surface area (Å²) in [5.74, 6) is -0.633. The van der Waals surface area contributed by atoms with Crippen molar-refractivity contribution in [3.8, 4) is 17.1 Å². The van der Waals surface area contributed by atoms with Crippen LogP contribution in [0.5, 0.6) is 5.75 Å². The van der Waals surface area contributed by atoms with E-state index < -0.39 is 40.9 Å². The van der Waals surface area contributed by atoms with Crippen LogP contribution in [0.25, 0.3) is 11.4 Å². The molecule has 0 amide bonds. The fourth-order valence-electron chi connectivity index (χ4n) is 3.98. The van der Waals surface area contributed by atoms with Crippen LogP contribution in [0.1, 0.15) is 70.4 Å². The predicted octanol–water partition coefficient (Wildman–Crippen LogP) is 6.99. The van der Waals surface area contributed by atoms with Gasteiger partial charge in [0.05, 0.1) is 44.2 Å². The van der Waals surface area contributed by atoms with Gasteiger partial charge in [-0.05, 0) is 52.0 Å². The van der Waals surface area contributed by atoms with E-state index in [0.717, 1.165) is 17.8 Å². The molecule has 17 heteroatoms. The maximum Gasteiger partial charge on any atom is 0.442 e. The molecule has 0 spiro atoms. The van der Waals surface area contributed by atoms with Gasteiger partial charge in [0.15, 0.2) is 0 Å². The van der Waals surface area contributed by atoms with Crippen molar-refractivity contribution in [2.24, 2.45) is 7.05 Å². The van der Waals surface area contributed by atoms with Gasteiger partial charge in [-0.2, -0.15) is 17.9 Å².